The van der Waals surface area contributed by atoms with Gasteiger partial charge < -0.3 is 19.3 Å². The molecule has 1 heterocycles. The number of hydrogen-bond donors (Lipinski definition) is 1. The van der Waals surface area contributed by atoms with Crippen LogP contribution in [-0.2, 0) is 19.7 Å². The van der Waals surface area contributed by atoms with Crippen LogP contribution >= 0.6 is 0 Å². The zero-order valence-electron chi connectivity index (χ0n) is 20.3. The number of aromatic nitrogens is 2. The van der Waals surface area contributed by atoms with E-state index in [1.165, 1.54) is 7.11 Å². The van der Waals surface area contributed by atoms with Crippen LogP contribution in [0.25, 0.3) is 0 Å². The van der Waals surface area contributed by atoms with Crippen LogP contribution in [0.1, 0.15) is 52.7 Å². The molecular formula is C24H33N3O7. The first-order valence-corrected chi connectivity index (χ1v) is 11.5. The Labute approximate surface area is 199 Å². The summed E-state index contributed by atoms with van der Waals surface area (Å²) in [5.41, 5.74) is 0.408. The Morgan fingerprint density at radius 2 is 1.88 bits per heavy atom. The third-order valence-corrected chi connectivity index (χ3v) is 6.22. The molecule has 2 fully saturated rings. The van der Waals surface area contributed by atoms with Gasteiger partial charge in [0, 0.05) is 11.5 Å². The number of hydrogen-bond acceptors (Lipinski definition) is 8. The zero-order valence-corrected chi connectivity index (χ0v) is 20.3. The maximum Gasteiger partial charge on any atom is 0.416 e. The first-order chi connectivity index (χ1) is 16.0. The summed E-state index contributed by atoms with van der Waals surface area (Å²) >= 11 is 0. The van der Waals surface area contributed by atoms with Gasteiger partial charge in [-0.3, -0.25) is 9.59 Å². The van der Waals surface area contributed by atoms with Crippen LogP contribution in [0.5, 0.6) is 11.9 Å². The molecule has 2 amide bonds. The molecule has 186 valence electrons. The van der Waals surface area contributed by atoms with Crippen molar-refractivity contribution in [1.82, 2.24) is 14.9 Å². The highest BCUT2D eigenvalue weighted by molar-refractivity contribution is 5.96. The first kappa shape index (κ1) is 25.5. The number of carbonyl (C=O) groups is 3. The van der Waals surface area contributed by atoms with Crippen molar-refractivity contribution < 1.29 is 33.7 Å². The monoisotopic (exact) mass is 475 g/mol. The molecule has 0 bridgehead atoms. The molecule has 5 unspecified atom stereocenters. The van der Waals surface area contributed by atoms with E-state index in [0.29, 0.717) is 12.1 Å². The second-order valence-corrected chi connectivity index (χ2v) is 9.70. The average molecular weight is 476 g/mol. The molecule has 3 rings (SSSR count). The number of carboxylic acid groups (broad SMARTS) is 1. The number of carboxylic acids is 1. The maximum atomic E-state index is 13.4. The van der Waals surface area contributed by atoms with Crippen LogP contribution in [0.4, 0.5) is 4.79 Å². The molecular weight excluding hydrogens is 442 g/mol. The summed E-state index contributed by atoms with van der Waals surface area (Å²) < 4.78 is 16.3. The van der Waals surface area contributed by atoms with Crippen LogP contribution in [0.3, 0.4) is 0 Å². The quantitative estimate of drug-likeness (QED) is 0.564. The molecule has 34 heavy (non-hydrogen) atoms. The number of nitrogens with zero attached hydrogens (tertiary/aromatic N) is 3. The highest BCUT2D eigenvalue weighted by Gasteiger charge is 2.52. The van der Waals surface area contributed by atoms with Crippen molar-refractivity contribution in [1.29, 1.82) is 0 Å². The normalized spacial score (nSPS) is 25.9. The molecule has 0 aliphatic heterocycles. The maximum absolute atomic E-state index is 13.4. The van der Waals surface area contributed by atoms with E-state index in [2.05, 4.69) is 16.5 Å². The Morgan fingerprint density at radius 3 is 2.41 bits per heavy atom. The summed E-state index contributed by atoms with van der Waals surface area (Å²) in [5, 5.41) is 9.82. The summed E-state index contributed by atoms with van der Waals surface area (Å²) in [6, 6.07) is 1.47. The van der Waals surface area contributed by atoms with Crippen LogP contribution in [0, 0.1) is 17.8 Å². The van der Waals surface area contributed by atoms with Gasteiger partial charge >= 0.3 is 18.1 Å². The Hall–Kier alpha value is -3.17. The van der Waals surface area contributed by atoms with Crippen LogP contribution in [-0.4, -0.2) is 63.8 Å². The van der Waals surface area contributed by atoms with Crippen LogP contribution in [0.15, 0.2) is 18.7 Å². The van der Waals surface area contributed by atoms with Crippen LogP contribution in [0.2, 0.25) is 0 Å². The topological polar surface area (TPSA) is 128 Å². The van der Waals surface area contributed by atoms with E-state index in [1.54, 1.807) is 19.1 Å². The fourth-order valence-electron chi connectivity index (χ4n) is 4.25. The van der Waals surface area contributed by atoms with E-state index >= 15 is 0 Å². The molecule has 10 heteroatoms. The van der Waals surface area contributed by atoms with Gasteiger partial charge in [-0.05, 0) is 32.1 Å². The lowest BCUT2D eigenvalue weighted by atomic mass is 9.92. The van der Waals surface area contributed by atoms with Gasteiger partial charge in [0.05, 0.1) is 37.3 Å². The predicted octanol–water partition coefficient (Wildman–Crippen LogP) is 3.20. The lowest BCUT2D eigenvalue weighted by molar-refractivity contribution is -0.148. The minimum Gasteiger partial charge on any atom is -0.481 e. The van der Waals surface area contributed by atoms with Gasteiger partial charge in [-0.25, -0.2) is 9.69 Å². The van der Waals surface area contributed by atoms with Crippen molar-refractivity contribution in [2.24, 2.45) is 17.8 Å². The second kappa shape index (κ2) is 9.99. The Kier molecular flexibility index (Phi) is 7.48. The molecule has 0 aromatic carbocycles. The van der Waals surface area contributed by atoms with Crippen molar-refractivity contribution in [3.63, 3.8) is 0 Å². The molecule has 0 saturated heterocycles. The van der Waals surface area contributed by atoms with Crippen molar-refractivity contribution >= 4 is 18.0 Å². The fraction of sp³-hybridized carbons (Fsp3) is 0.625. The van der Waals surface area contributed by atoms with E-state index in [4.69, 9.17) is 14.2 Å². The minimum absolute atomic E-state index is 0.0191. The molecule has 2 aliphatic rings. The van der Waals surface area contributed by atoms with Crippen molar-refractivity contribution in [3.8, 4) is 11.9 Å². The molecule has 2 aliphatic carbocycles. The summed E-state index contributed by atoms with van der Waals surface area (Å²) in [6.45, 7) is 11.5. The van der Waals surface area contributed by atoms with Gasteiger partial charge in [0.15, 0.2) is 0 Å². The Balaban J connectivity index is 1.83. The van der Waals surface area contributed by atoms with E-state index < -0.39 is 35.9 Å². The third-order valence-electron chi connectivity index (χ3n) is 6.22. The highest BCUT2D eigenvalue weighted by Crippen LogP contribution is 2.42. The lowest BCUT2D eigenvalue weighted by Gasteiger charge is -2.25. The number of methoxy groups -OCH3 is 1. The highest BCUT2D eigenvalue weighted by atomic mass is 16.6. The smallest absolute Gasteiger partial charge is 0.416 e. The van der Waals surface area contributed by atoms with E-state index in [0.717, 1.165) is 4.90 Å². The molecule has 2 saturated carbocycles. The second-order valence-electron chi connectivity index (χ2n) is 9.70. The van der Waals surface area contributed by atoms with E-state index in [1.807, 2.05) is 20.8 Å². The van der Waals surface area contributed by atoms with E-state index in [-0.39, 0.29) is 48.7 Å². The number of ether oxygens (including phenoxy) is 3. The van der Waals surface area contributed by atoms with Gasteiger partial charge in [-0.1, -0.05) is 26.8 Å². The largest absolute Gasteiger partial charge is 0.481 e. The number of aliphatic carboxylic acids is 1. The molecule has 10 nitrogen and oxygen atoms in total. The molecule has 5 atom stereocenters. The van der Waals surface area contributed by atoms with Crippen LogP contribution < -0.4 is 9.47 Å². The molecule has 1 aromatic heterocycles. The fourth-order valence-corrected chi connectivity index (χ4v) is 4.25. The number of amides is 2. The van der Waals surface area contributed by atoms with Gasteiger partial charge in [-0.2, -0.15) is 9.97 Å². The van der Waals surface area contributed by atoms with Gasteiger partial charge in [0.25, 0.3) is 0 Å². The predicted molar refractivity (Wildman–Crippen MR) is 122 cm³/mol. The number of imide groups is 1. The summed E-state index contributed by atoms with van der Waals surface area (Å²) in [5.74, 6) is -3.36. The molecule has 0 spiro atoms. The van der Waals surface area contributed by atoms with Gasteiger partial charge in [0.2, 0.25) is 11.8 Å². The SMILES string of the molecule is C=CC1CC1N(C(=O)OCC)C(=O)C1CC(Oc2cc(C(C)(C)C)nc(OC)n2)CC1C(=O)O. The summed E-state index contributed by atoms with van der Waals surface area (Å²) in [4.78, 5) is 47.7. The zero-order chi connectivity index (χ0) is 25.2. The molecule has 0 radical (unpaired) electrons. The lowest BCUT2D eigenvalue weighted by Crippen LogP contribution is -2.45. The van der Waals surface area contributed by atoms with Gasteiger partial charge in [0.1, 0.15) is 6.10 Å². The van der Waals surface area contributed by atoms with Gasteiger partial charge in [-0.15, -0.1) is 6.58 Å². The Morgan fingerprint density at radius 1 is 1.21 bits per heavy atom. The van der Waals surface area contributed by atoms with E-state index in [9.17, 15) is 19.5 Å². The number of carbonyl (C=O) groups excluding carboxylic acids is 2. The summed E-state index contributed by atoms with van der Waals surface area (Å²) in [6.07, 6.45) is 1.18. The molecule has 1 N–H and O–H groups in total. The third kappa shape index (κ3) is 5.48. The average Bonchev–Trinajstić information content (AvgIpc) is 3.41. The van der Waals surface area contributed by atoms with Crippen molar-refractivity contribution in [2.45, 2.75) is 64.5 Å². The molecule has 1 aromatic rings. The van der Waals surface area contributed by atoms with Crippen molar-refractivity contribution in [2.75, 3.05) is 13.7 Å². The van der Waals surface area contributed by atoms with Crippen molar-refractivity contribution in [3.05, 3.63) is 24.4 Å². The Bertz CT molecular complexity index is 958. The first-order valence-electron chi connectivity index (χ1n) is 11.5. The number of rotatable bonds is 8. The summed E-state index contributed by atoms with van der Waals surface area (Å²) in [7, 11) is 1.45. The standard InChI is InChI=1S/C24H33N3O7/c1-7-13-9-17(13)27(23(31)33-8-2)20(28)15-10-14(11-16(15)21(29)30)34-19-12-18(24(3,4)5)25-22(26-19)32-6/h7,12-17H,1,8-11H2,2-6H3,(H,29,30). The minimum atomic E-state index is -1.11.